The quantitative estimate of drug-likeness (QED) is 0.607. The van der Waals surface area contributed by atoms with Crippen LogP contribution < -0.4 is 10.6 Å². The van der Waals surface area contributed by atoms with E-state index in [0.29, 0.717) is 18.3 Å². The van der Waals surface area contributed by atoms with E-state index in [4.69, 9.17) is 10.1 Å². The van der Waals surface area contributed by atoms with Gasteiger partial charge in [-0.3, -0.25) is 4.79 Å². The van der Waals surface area contributed by atoms with Crippen LogP contribution in [0.15, 0.2) is 42.5 Å². The number of hydrogen-bond donors (Lipinski definition) is 2. The molecule has 0 bridgehead atoms. The number of hydrogen-bond acceptors (Lipinski definition) is 5. The molecule has 1 atom stereocenters. The number of aromatic nitrogens is 3. The minimum Gasteiger partial charge on any atom is -0.345 e. The highest BCUT2D eigenvalue weighted by Gasteiger charge is 2.26. The molecular formula is C26H30N6O. The number of likely N-dealkylation sites (N-methyl/N-ethyl adjacent to an activating group) is 1. The summed E-state index contributed by atoms with van der Waals surface area (Å²) in [5.41, 5.74) is 7.38. The Kier molecular flexibility index (Phi) is 5.50. The lowest BCUT2D eigenvalue weighted by Gasteiger charge is -2.22. The van der Waals surface area contributed by atoms with Gasteiger partial charge in [0.2, 0.25) is 5.95 Å². The van der Waals surface area contributed by atoms with E-state index in [1.165, 1.54) is 11.1 Å². The van der Waals surface area contributed by atoms with Gasteiger partial charge in [0.05, 0.1) is 6.04 Å². The number of carbonyl (C=O) groups excluding carboxylic acids is 1. The molecule has 33 heavy (non-hydrogen) atoms. The van der Waals surface area contributed by atoms with Crippen molar-refractivity contribution in [3.8, 4) is 11.4 Å². The molecule has 0 aliphatic carbocycles. The molecule has 7 nitrogen and oxygen atoms in total. The maximum absolute atomic E-state index is 12.1. The van der Waals surface area contributed by atoms with Crippen LogP contribution in [0, 0.1) is 6.92 Å². The number of fused-ring (bicyclic) bond motifs is 1. The Hall–Kier alpha value is -3.45. The van der Waals surface area contributed by atoms with Crippen LogP contribution in [0.3, 0.4) is 0 Å². The molecule has 0 spiro atoms. The molecule has 5 rings (SSSR count). The summed E-state index contributed by atoms with van der Waals surface area (Å²) in [5, 5.41) is 11.2. The van der Waals surface area contributed by atoms with Gasteiger partial charge < -0.3 is 15.5 Å². The van der Waals surface area contributed by atoms with Gasteiger partial charge in [-0.2, -0.15) is 4.98 Å². The normalized spacial score (nSPS) is 18.1. The number of anilines is 2. The van der Waals surface area contributed by atoms with E-state index >= 15 is 0 Å². The maximum atomic E-state index is 12.1. The highest BCUT2D eigenvalue weighted by molar-refractivity contribution is 6.00. The van der Waals surface area contributed by atoms with Crippen molar-refractivity contribution in [3.63, 3.8) is 0 Å². The molecule has 3 aromatic rings. The first kappa shape index (κ1) is 21.4. The lowest BCUT2D eigenvalue weighted by molar-refractivity contribution is 0.0958. The molecule has 1 unspecified atom stereocenters. The second kappa shape index (κ2) is 8.48. The van der Waals surface area contributed by atoms with Gasteiger partial charge in [-0.05, 0) is 68.6 Å². The molecule has 2 aliphatic heterocycles. The maximum Gasteiger partial charge on any atom is 0.252 e. The van der Waals surface area contributed by atoms with E-state index in [9.17, 15) is 4.79 Å². The third-order valence-corrected chi connectivity index (χ3v) is 6.60. The Labute approximate surface area is 194 Å². The summed E-state index contributed by atoms with van der Waals surface area (Å²) in [4.78, 5) is 19.3. The Morgan fingerprint density at radius 1 is 1.18 bits per heavy atom. The first-order valence-corrected chi connectivity index (χ1v) is 11.6. The molecular weight excluding hydrogens is 412 g/mol. The van der Waals surface area contributed by atoms with Crippen molar-refractivity contribution >= 4 is 23.1 Å². The van der Waals surface area contributed by atoms with Gasteiger partial charge >= 0.3 is 0 Å². The van der Waals surface area contributed by atoms with E-state index < -0.39 is 0 Å². The summed E-state index contributed by atoms with van der Waals surface area (Å²) in [6.07, 6.45) is 3.39. The van der Waals surface area contributed by atoms with Gasteiger partial charge in [0.15, 0.2) is 5.82 Å². The van der Waals surface area contributed by atoms with Crippen LogP contribution in [0.25, 0.3) is 17.0 Å². The minimum atomic E-state index is -0.00869. The molecule has 170 valence electrons. The SMILES string of the molecule is CCn1nc(-c2ccc(C3=CCN(C)CC3)cc2)nc1Nc1cc2c(cc1C)C(=O)NC2C. The van der Waals surface area contributed by atoms with Gasteiger partial charge in [0, 0.05) is 36.4 Å². The van der Waals surface area contributed by atoms with Crippen molar-refractivity contribution in [3.05, 3.63) is 64.7 Å². The minimum absolute atomic E-state index is 0.00597. The van der Waals surface area contributed by atoms with Crippen LogP contribution in [0.2, 0.25) is 0 Å². The van der Waals surface area contributed by atoms with Gasteiger partial charge in [0.25, 0.3) is 5.91 Å². The third-order valence-electron chi connectivity index (χ3n) is 6.60. The largest absolute Gasteiger partial charge is 0.345 e. The van der Waals surface area contributed by atoms with Crippen molar-refractivity contribution < 1.29 is 4.79 Å². The zero-order valence-electron chi connectivity index (χ0n) is 19.6. The Morgan fingerprint density at radius 3 is 2.64 bits per heavy atom. The zero-order chi connectivity index (χ0) is 23.1. The first-order valence-electron chi connectivity index (χ1n) is 11.6. The molecule has 3 heterocycles. The lowest BCUT2D eigenvalue weighted by Crippen LogP contribution is -2.23. The third kappa shape index (κ3) is 4.04. The highest BCUT2D eigenvalue weighted by atomic mass is 16.2. The average molecular weight is 443 g/mol. The predicted octanol–water partition coefficient (Wildman–Crippen LogP) is 4.54. The van der Waals surface area contributed by atoms with Crippen LogP contribution in [0.4, 0.5) is 11.6 Å². The number of benzene rings is 2. The van der Waals surface area contributed by atoms with Crippen molar-refractivity contribution in [2.75, 3.05) is 25.5 Å². The molecule has 0 fully saturated rings. The summed E-state index contributed by atoms with van der Waals surface area (Å²) in [6.45, 7) is 8.85. The van der Waals surface area contributed by atoms with Crippen LogP contribution in [-0.4, -0.2) is 45.7 Å². The molecule has 1 aromatic heterocycles. The number of nitrogens with one attached hydrogen (secondary N) is 2. The van der Waals surface area contributed by atoms with Crippen LogP contribution >= 0.6 is 0 Å². The first-order chi connectivity index (χ1) is 15.9. The van der Waals surface area contributed by atoms with E-state index in [0.717, 1.165) is 47.5 Å². The Morgan fingerprint density at radius 2 is 1.94 bits per heavy atom. The summed E-state index contributed by atoms with van der Waals surface area (Å²) in [6, 6.07) is 12.5. The second-order valence-corrected chi connectivity index (χ2v) is 8.97. The topological polar surface area (TPSA) is 75.1 Å². The van der Waals surface area contributed by atoms with Crippen molar-refractivity contribution in [2.24, 2.45) is 0 Å². The van der Waals surface area contributed by atoms with Gasteiger partial charge in [-0.1, -0.05) is 30.3 Å². The van der Waals surface area contributed by atoms with E-state index in [2.05, 4.69) is 59.8 Å². The zero-order valence-corrected chi connectivity index (χ0v) is 19.6. The smallest absolute Gasteiger partial charge is 0.252 e. The molecule has 7 heteroatoms. The predicted molar refractivity (Wildman–Crippen MR) is 132 cm³/mol. The number of nitrogens with zero attached hydrogens (tertiary/aromatic N) is 4. The van der Waals surface area contributed by atoms with Gasteiger partial charge in [-0.15, -0.1) is 5.10 Å². The van der Waals surface area contributed by atoms with Crippen molar-refractivity contribution in [1.82, 2.24) is 25.0 Å². The summed E-state index contributed by atoms with van der Waals surface area (Å²) < 4.78 is 1.88. The number of carbonyl (C=O) groups is 1. The van der Waals surface area contributed by atoms with Crippen LogP contribution in [0.5, 0.6) is 0 Å². The molecule has 0 saturated carbocycles. The second-order valence-electron chi connectivity index (χ2n) is 8.97. The van der Waals surface area contributed by atoms with E-state index in [1.807, 2.05) is 30.7 Å². The number of aryl methyl sites for hydroxylation is 2. The fourth-order valence-electron chi connectivity index (χ4n) is 4.53. The molecule has 0 saturated heterocycles. The van der Waals surface area contributed by atoms with E-state index in [1.54, 1.807) is 0 Å². The highest BCUT2D eigenvalue weighted by Crippen LogP contribution is 2.32. The monoisotopic (exact) mass is 442 g/mol. The fraction of sp³-hybridized carbons (Fsp3) is 0.346. The van der Waals surface area contributed by atoms with E-state index in [-0.39, 0.29) is 11.9 Å². The van der Waals surface area contributed by atoms with Crippen molar-refractivity contribution in [2.45, 2.75) is 39.8 Å². The Balaban J connectivity index is 1.41. The molecule has 0 radical (unpaired) electrons. The molecule has 2 aromatic carbocycles. The van der Waals surface area contributed by atoms with Crippen LogP contribution in [-0.2, 0) is 6.54 Å². The lowest BCUT2D eigenvalue weighted by atomic mass is 9.98. The van der Waals surface area contributed by atoms with Gasteiger partial charge in [0.1, 0.15) is 0 Å². The summed E-state index contributed by atoms with van der Waals surface area (Å²) in [5.74, 6) is 1.39. The number of amides is 1. The summed E-state index contributed by atoms with van der Waals surface area (Å²) >= 11 is 0. The molecule has 2 aliphatic rings. The molecule has 2 N–H and O–H groups in total. The Bertz CT molecular complexity index is 1240. The fourth-order valence-corrected chi connectivity index (χ4v) is 4.53. The van der Waals surface area contributed by atoms with Crippen molar-refractivity contribution in [1.29, 1.82) is 0 Å². The average Bonchev–Trinajstić information content (AvgIpc) is 3.35. The van der Waals surface area contributed by atoms with Crippen LogP contribution in [0.1, 0.15) is 53.4 Å². The standard InChI is InChI=1S/C26H30N6O/c1-5-32-26(28-23-15-21-17(3)27-25(33)22(21)14-16(23)2)29-24(30-32)20-8-6-18(7-9-20)19-10-12-31(4)13-11-19/h6-10,14-15,17H,5,11-13H2,1-4H3,(H,27,33)(H,28,29,30). The summed E-state index contributed by atoms with van der Waals surface area (Å²) in [7, 11) is 2.15. The molecule has 1 amide bonds. The number of rotatable bonds is 5. The van der Waals surface area contributed by atoms with Gasteiger partial charge in [-0.25, -0.2) is 4.68 Å².